The van der Waals surface area contributed by atoms with Gasteiger partial charge in [0, 0.05) is 18.5 Å². The van der Waals surface area contributed by atoms with Gasteiger partial charge in [-0.1, -0.05) is 47.0 Å². The van der Waals surface area contributed by atoms with Crippen LogP contribution in [-0.2, 0) is 4.79 Å². The van der Waals surface area contributed by atoms with Crippen LogP contribution in [-0.4, -0.2) is 23.4 Å². The van der Waals surface area contributed by atoms with Crippen LogP contribution in [0.4, 0.5) is 0 Å². The lowest BCUT2D eigenvalue weighted by Gasteiger charge is -2.45. The van der Waals surface area contributed by atoms with Crippen LogP contribution in [0.15, 0.2) is 0 Å². The third-order valence-electron chi connectivity index (χ3n) is 7.08. The summed E-state index contributed by atoms with van der Waals surface area (Å²) < 4.78 is 0. The van der Waals surface area contributed by atoms with Crippen molar-refractivity contribution in [3.8, 4) is 0 Å². The van der Waals surface area contributed by atoms with E-state index in [0.717, 1.165) is 18.9 Å². The van der Waals surface area contributed by atoms with Crippen LogP contribution in [0.1, 0.15) is 86.5 Å². The molecule has 2 aliphatic rings. The first-order chi connectivity index (χ1) is 10.7. The predicted molar refractivity (Wildman–Crippen MR) is 98.3 cm³/mol. The zero-order valence-corrected chi connectivity index (χ0v) is 16.4. The minimum absolute atomic E-state index is 0.287. The Labute approximate surface area is 144 Å². The number of hydrogen-bond acceptors (Lipinski definition) is 1. The van der Waals surface area contributed by atoms with Gasteiger partial charge in [-0.2, -0.15) is 0 Å². The highest BCUT2D eigenvalue weighted by atomic mass is 16.2. The fourth-order valence-corrected chi connectivity index (χ4v) is 4.78. The lowest BCUT2D eigenvalue weighted by atomic mass is 9.64. The number of rotatable bonds is 2. The zero-order valence-electron chi connectivity index (χ0n) is 16.4. The van der Waals surface area contributed by atoms with Gasteiger partial charge in [0.1, 0.15) is 0 Å². The van der Waals surface area contributed by atoms with Crippen molar-refractivity contribution in [3.63, 3.8) is 0 Å². The SMILES string of the molecule is CC1CCCC2C(=O)N(C(C)C)CCC2CC(C)(C(C)C)CC1. The fraction of sp³-hybridized carbons (Fsp3) is 0.952. The van der Waals surface area contributed by atoms with Crippen molar-refractivity contribution in [2.24, 2.45) is 29.1 Å². The number of amides is 1. The Kier molecular flexibility index (Phi) is 6.19. The number of piperidine rings is 1. The summed E-state index contributed by atoms with van der Waals surface area (Å²) >= 11 is 0. The van der Waals surface area contributed by atoms with E-state index in [1.165, 1.54) is 38.5 Å². The molecule has 1 amide bonds. The Morgan fingerprint density at radius 3 is 2.39 bits per heavy atom. The molecule has 1 saturated heterocycles. The quantitative estimate of drug-likeness (QED) is 0.656. The Hall–Kier alpha value is -0.530. The Bertz CT molecular complexity index is 403. The van der Waals surface area contributed by atoms with Crippen molar-refractivity contribution < 1.29 is 4.79 Å². The molecule has 2 fully saturated rings. The number of nitrogens with zero attached hydrogens (tertiary/aromatic N) is 1. The van der Waals surface area contributed by atoms with Gasteiger partial charge in [-0.15, -0.1) is 0 Å². The average Bonchev–Trinajstić information content (AvgIpc) is 2.47. The molecule has 0 aromatic rings. The predicted octanol–water partition coefficient (Wildman–Crippen LogP) is 5.51. The summed E-state index contributed by atoms with van der Waals surface area (Å²) in [6, 6.07) is 0.356. The van der Waals surface area contributed by atoms with E-state index < -0.39 is 0 Å². The summed E-state index contributed by atoms with van der Waals surface area (Å²) in [4.78, 5) is 15.2. The summed E-state index contributed by atoms with van der Waals surface area (Å²) in [6.45, 7) is 15.0. The second-order valence-corrected chi connectivity index (χ2v) is 9.37. The van der Waals surface area contributed by atoms with E-state index in [1.807, 2.05) is 0 Å². The topological polar surface area (TPSA) is 20.3 Å². The first kappa shape index (κ1) is 18.8. The van der Waals surface area contributed by atoms with Gasteiger partial charge in [-0.25, -0.2) is 0 Å². The second kappa shape index (κ2) is 7.57. The Morgan fingerprint density at radius 1 is 1.09 bits per heavy atom. The minimum Gasteiger partial charge on any atom is -0.340 e. The summed E-state index contributed by atoms with van der Waals surface area (Å²) in [5, 5.41) is 0. The fourth-order valence-electron chi connectivity index (χ4n) is 4.78. The van der Waals surface area contributed by atoms with Crippen LogP contribution in [0.25, 0.3) is 0 Å². The molecule has 2 rings (SSSR count). The van der Waals surface area contributed by atoms with Gasteiger partial charge in [-0.3, -0.25) is 4.79 Å². The number of fused-ring (bicyclic) bond motifs is 1. The molecule has 0 aromatic carbocycles. The van der Waals surface area contributed by atoms with Crippen molar-refractivity contribution in [2.75, 3.05) is 6.54 Å². The van der Waals surface area contributed by atoms with Crippen molar-refractivity contribution >= 4 is 5.91 Å². The smallest absolute Gasteiger partial charge is 0.226 e. The maximum absolute atomic E-state index is 13.1. The van der Waals surface area contributed by atoms with E-state index in [9.17, 15) is 4.79 Å². The molecule has 1 aliphatic heterocycles. The van der Waals surface area contributed by atoms with Crippen molar-refractivity contribution in [3.05, 3.63) is 0 Å². The van der Waals surface area contributed by atoms with Crippen LogP contribution in [0.2, 0.25) is 0 Å². The normalized spacial score (nSPS) is 37.1. The number of hydrogen-bond donors (Lipinski definition) is 0. The minimum atomic E-state index is 0.287. The molecule has 2 heteroatoms. The van der Waals surface area contributed by atoms with Crippen LogP contribution in [0.3, 0.4) is 0 Å². The third kappa shape index (κ3) is 4.31. The third-order valence-corrected chi connectivity index (χ3v) is 7.08. The molecule has 0 bridgehead atoms. The molecular formula is C21H39NO. The molecule has 1 aliphatic carbocycles. The molecule has 0 aromatic heterocycles. The maximum Gasteiger partial charge on any atom is 0.226 e. The summed E-state index contributed by atoms with van der Waals surface area (Å²) in [6.07, 6.45) is 8.80. The van der Waals surface area contributed by atoms with Gasteiger partial charge in [0.2, 0.25) is 5.91 Å². The first-order valence-corrected chi connectivity index (χ1v) is 10.0. The van der Waals surface area contributed by atoms with Gasteiger partial charge in [0.05, 0.1) is 0 Å². The van der Waals surface area contributed by atoms with Crippen LogP contribution in [0, 0.1) is 29.1 Å². The average molecular weight is 322 g/mol. The van der Waals surface area contributed by atoms with Crippen LogP contribution < -0.4 is 0 Å². The van der Waals surface area contributed by atoms with Crippen molar-refractivity contribution in [1.82, 2.24) is 4.90 Å². The second-order valence-electron chi connectivity index (χ2n) is 9.37. The summed E-state index contributed by atoms with van der Waals surface area (Å²) in [5.41, 5.74) is 0.398. The summed E-state index contributed by atoms with van der Waals surface area (Å²) in [7, 11) is 0. The molecule has 134 valence electrons. The van der Waals surface area contributed by atoms with Gasteiger partial charge in [0.15, 0.2) is 0 Å². The van der Waals surface area contributed by atoms with Gasteiger partial charge in [-0.05, 0) is 62.7 Å². The molecule has 2 nitrogen and oxygen atoms in total. The molecule has 4 atom stereocenters. The number of carbonyl (C=O) groups excluding carboxylic acids is 1. The Balaban J connectivity index is 2.22. The lowest BCUT2D eigenvalue weighted by Crippen LogP contribution is -2.50. The van der Waals surface area contributed by atoms with Crippen molar-refractivity contribution in [2.45, 2.75) is 92.5 Å². The van der Waals surface area contributed by atoms with Gasteiger partial charge < -0.3 is 4.90 Å². The van der Waals surface area contributed by atoms with Gasteiger partial charge >= 0.3 is 0 Å². The van der Waals surface area contributed by atoms with Crippen LogP contribution >= 0.6 is 0 Å². The molecule has 0 N–H and O–H groups in total. The highest BCUT2D eigenvalue weighted by Crippen LogP contribution is 2.46. The monoisotopic (exact) mass is 321 g/mol. The standard InChI is InChI=1S/C21H39NO/c1-15(2)21(6)12-10-17(5)8-7-9-19-18(14-21)11-13-22(16(3)4)20(19)23/h15-19H,7-14H2,1-6H3. The highest BCUT2D eigenvalue weighted by Gasteiger charge is 2.41. The molecular weight excluding hydrogens is 282 g/mol. The largest absolute Gasteiger partial charge is 0.340 e. The first-order valence-electron chi connectivity index (χ1n) is 10.0. The molecule has 0 spiro atoms. The Morgan fingerprint density at radius 2 is 1.78 bits per heavy atom. The number of carbonyl (C=O) groups is 1. The van der Waals surface area contributed by atoms with Crippen molar-refractivity contribution in [1.29, 1.82) is 0 Å². The maximum atomic E-state index is 13.1. The number of likely N-dealkylation sites (tertiary alicyclic amines) is 1. The molecule has 23 heavy (non-hydrogen) atoms. The summed E-state index contributed by atoms with van der Waals surface area (Å²) in [5.74, 6) is 2.86. The van der Waals surface area contributed by atoms with E-state index in [-0.39, 0.29) is 5.92 Å². The molecule has 0 radical (unpaired) electrons. The molecule has 1 saturated carbocycles. The van der Waals surface area contributed by atoms with E-state index in [0.29, 0.717) is 29.2 Å². The molecule has 4 unspecified atom stereocenters. The van der Waals surface area contributed by atoms with E-state index in [4.69, 9.17) is 0 Å². The highest BCUT2D eigenvalue weighted by molar-refractivity contribution is 5.80. The lowest BCUT2D eigenvalue weighted by molar-refractivity contribution is -0.145. The van der Waals surface area contributed by atoms with Crippen LogP contribution in [0.5, 0.6) is 0 Å². The zero-order chi connectivity index (χ0) is 17.2. The van der Waals surface area contributed by atoms with Gasteiger partial charge in [0.25, 0.3) is 0 Å². The molecule has 1 heterocycles. The van der Waals surface area contributed by atoms with E-state index in [1.54, 1.807) is 0 Å². The van der Waals surface area contributed by atoms with E-state index >= 15 is 0 Å². The van der Waals surface area contributed by atoms with E-state index in [2.05, 4.69) is 46.4 Å².